The Morgan fingerprint density at radius 2 is 2.09 bits per heavy atom. The lowest BCUT2D eigenvalue weighted by molar-refractivity contribution is 0.839. The molecule has 1 nitrogen and oxygen atoms in total. The predicted molar refractivity (Wildman–Crippen MR) is 50.5 cm³/mol. The Labute approximate surface area is 73.2 Å². The second-order valence-electron chi connectivity index (χ2n) is 2.91. The van der Waals surface area contributed by atoms with Crippen molar-refractivity contribution in [3.63, 3.8) is 0 Å². The van der Waals surface area contributed by atoms with Gasteiger partial charge in [0.05, 0.1) is 0 Å². The molecule has 11 heavy (non-hydrogen) atoms. The second-order valence-corrected chi connectivity index (χ2v) is 2.91. The maximum atomic E-state index is 3.40. The molecule has 1 heterocycles. The molecule has 2 heteroatoms. The Balaban J connectivity index is 0.000000605. The number of hydrogen-bond donors (Lipinski definition) is 1. The van der Waals surface area contributed by atoms with Crippen LogP contribution in [0.5, 0.6) is 0 Å². The largest absolute Gasteiger partial charge is 0.382 e. The van der Waals surface area contributed by atoms with Gasteiger partial charge in [0.25, 0.3) is 0 Å². The van der Waals surface area contributed by atoms with Crippen LogP contribution < -0.4 is 5.32 Å². The predicted octanol–water partition coefficient (Wildman–Crippen LogP) is 2.46. The number of hydrogen-bond acceptors (Lipinski definition) is 1. The Morgan fingerprint density at radius 3 is 2.82 bits per heavy atom. The van der Waals surface area contributed by atoms with Crippen molar-refractivity contribution >= 4 is 18.1 Å². The molecule has 0 spiro atoms. The Morgan fingerprint density at radius 1 is 1.36 bits per heavy atom. The average molecular weight is 170 g/mol. The zero-order valence-corrected chi connectivity index (χ0v) is 7.32. The summed E-state index contributed by atoms with van der Waals surface area (Å²) < 4.78 is 0. The average Bonchev–Trinajstić information content (AvgIpc) is 2.27. The van der Waals surface area contributed by atoms with Crippen molar-refractivity contribution in [3.8, 4) is 0 Å². The molecule has 0 aromatic heterocycles. The summed E-state index contributed by atoms with van der Waals surface area (Å²) in [5.74, 6) is 0. The third-order valence-electron chi connectivity index (χ3n) is 1.95. The van der Waals surface area contributed by atoms with Crippen LogP contribution in [0.25, 0.3) is 0 Å². The van der Waals surface area contributed by atoms with Gasteiger partial charge in [0, 0.05) is 11.7 Å². The number of nitrogens with one attached hydrogen (secondary N) is 1. The number of para-hydroxylation sites is 1. The summed E-state index contributed by atoms with van der Waals surface area (Å²) in [6, 6.07) is 9.12. The minimum absolute atomic E-state index is 0. The molecule has 0 amide bonds. The van der Waals surface area contributed by atoms with Gasteiger partial charge in [0.2, 0.25) is 0 Å². The summed E-state index contributed by atoms with van der Waals surface area (Å²) in [4.78, 5) is 0. The Kier molecular flexibility index (Phi) is 2.40. The summed E-state index contributed by atoms with van der Waals surface area (Å²) in [5, 5.41) is 3.40. The van der Waals surface area contributed by atoms with E-state index in [4.69, 9.17) is 0 Å². The Bertz CT molecular complexity index is 222. The van der Waals surface area contributed by atoms with Gasteiger partial charge in [-0.1, -0.05) is 18.2 Å². The van der Waals surface area contributed by atoms with Crippen molar-refractivity contribution in [1.29, 1.82) is 0 Å². The quantitative estimate of drug-likeness (QED) is 0.629. The molecule has 0 fully saturated rings. The summed E-state index contributed by atoms with van der Waals surface area (Å²) in [6.45, 7) is 2.21. The number of fused-ring (bicyclic) bond motifs is 1. The number of benzene rings is 1. The molecule has 1 aromatic rings. The molecule has 0 aliphatic carbocycles. The summed E-state index contributed by atoms with van der Waals surface area (Å²) >= 11 is 0. The van der Waals surface area contributed by atoms with E-state index < -0.39 is 0 Å². The molecule has 1 N–H and O–H groups in total. The third-order valence-corrected chi connectivity index (χ3v) is 1.95. The van der Waals surface area contributed by atoms with E-state index in [1.54, 1.807) is 0 Å². The molecule has 1 aliphatic rings. The molecular weight excluding hydrogens is 158 g/mol. The monoisotopic (exact) mass is 169 g/mol. The molecule has 1 atom stereocenters. The lowest BCUT2D eigenvalue weighted by atomic mass is 10.1. The first-order chi connectivity index (χ1) is 4.86. The highest BCUT2D eigenvalue weighted by molar-refractivity contribution is 5.85. The molecule has 1 aliphatic heterocycles. The van der Waals surface area contributed by atoms with Gasteiger partial charge in [-0.3, -0.25) is 0 Å². The fraction of sp³-hybridized carbons (Fsp3) is 0.333. The highest BCUT2D eigenvalue weighted by Gasteiger charge is 2.14. The lowest BCUT2D eigenvalue weighted by Crippen LogP contribution is -2.08. The van der Waals surface area contributed by atoms with E-state index >= 15 is 0 Å². The summed E-state index contributed by atoms with van der Waals surface area (Å²) in [7, 11) is 0. The third kappa shape index (κ3) is 1.48. The number of halogens is 1. The first-order valence-corrected chi connectivity index (χ1v) is 3.71. The van der Waals surface area contributed by atoms with E-state index in [2.05, 4.69) is 36.5 Å². The standard InChI is InChI=1S/C9H11N.ClH/c1-7-6-8-4-2-3-5-9(8)10-7;/h2-5,7,10H,6H2,1H3;1H. The zero-order valence-electron chi connectivity index (χ0n) is 6.50. The molecule has 0 radical (unpaired) electrons. The highest BCUT2D eigenvalue weighted by atomic mass is 35.5. The van der Waals surface area contributed by atoms with Crippen LogP contribution in [0.2, 0.25) is 0 Å². The first kappa shape index (κ1) is 8.41. The van der Waals surface area contributed by atoms with Crippen LogP contribution in [0.3, 0.4) is 0 Å². The van der Waals surface area contributed by atoms with Crippen molar-refractivity contribution in [1.82, 2.24) is 0 Å². The van der Waals surface area contributed by atoms with E-state index in [-0.39, 0.29) is 12.4 Å². The molecule has 0 saturated heterocycles. The van der Waals surface area contributed by atoms with Crippen LogP contribution in [0.4, 0.5) is 5.69 Å². The SMILES string of the molecule is CC1Cc2ccccc2N1.Cl. The lowest BCUT2D eigenvalue weighted by Gasteiger charge is -2.00. The van der Waals surface area contributed by atoms with Crippen LogP contribution in [0, 0.1) is 0 Å². The first-order valence-electron chi connectivity index (χ1n) is 3.71. The van der Waals surface area contributed by atoms with Crippen LogP contribution in [-0.2, 0) is 6.42 Å². The van der Waals surface area contributed by atoms with E-state index in [0.717, 1.165) is 0 Å². The molecule has 0 saturated carbocycles. The highest BCUT2D eigenvalue weighted by Crippen LogP contribution is 2.24. The molecule has 1 unspecified atom stereocenters. The van der Waals surface area contributed by atoms with Crippen LogP contribution in [-0.4, -0.2) is 6.04 Å². The van der Waals surface area contributed by atoms with Gasteiger partial charge < -0.3 is 5.32 Å². The topological polar surface area (TPSA) is 12.0 Å². The van der Waals surface area contributed by atoms with Crippen LogP contribution >= 0.6 is 12.4 Å². The van der Waals surface area contributed by atoms with Crippen LogP contribution in [0.15, 0.2) is 24.3 Å². The van der Waals surface area contributed by atoms with Crippen molar-refractivity contribution in [2.45, 2.75) is 19.4 Å². The second kappa shape index (κ2) is 3.14. The molecule has 60 valence electrons. The minimum atomic E-state index is 0. The van der Waals surface area contributed by atoms with Gasteiger partial charge in [-0.25, -0.2) is 0 Å². The normalized spacial score (nSPS) is 19.9. The Hall–Kier alpha value is -0.690. The fourth-order valence-electron chi connectivity index (χ4n) is 1.49. The van der Waals surface area contributed by atoms with E-state index in [1.165, 1.54) is 17.7 Å². The van der Waals surface area contributed by atoms with E-state index in [1.807, 2.05) is 0 Å². The molecule has 0 bridgehead atoms. The van der Waals surface area contributed by atoms with E-state index in [9.17, 15) is 0 Å². The molecule has 1 aromatic carbocycles. The summed E-state index contributed by atoms with van der Waals surface area (Å²) in [5.41, 5.74) is 2.77. The van der Waals surface area contributed by atoms with Gasteiger partial charge >= 0.3 is 0 Å². The van der Waals surface area contributed by atoms with Gasteiger partial charge in [0.15, 0.2) is 0 Å². The van der Waals surface area contributed by atoms with Crippen molar-refractivity contribution in [2.24, 2.45) is 0 Å². The van der Waals surface area contributed by atoms with Crippen molar-refractivity contribution < 1.29 is 0 Å². The summed E-state index contributed by atoms with van der Waals surface area (Å²) in [6.07, 6.45) is 1.18. The molecular formula is C9H12ClN. The zero-order chi connectivity index (χ0) is 6.97. The van der Waals surface area contributed by atoms with Gasteiger partial charge in [-0.05, 0) is 25.0 Å². The minimum Gasteiger partial charge on any atom is -0.382 e. The van der Waals surface area contributed by atoms with Gasteiger partial charge in [-0.2, -0.15) is 0 Å². The van der Waals surface area contributed by atoms with E-state index in [0.29, 0.717) is 6.04 Å². The van der Waals surface area contributed by atoms with Crippen molar-refractivity contribution in [3.05, 3.63) is 29.8 Å². The number of rotatable bonds is 0. The van der Waals surface area contributed by atoms with Crippen molar-refractivity contribution in [2.75, 3.05) is 5.32 Å². The molecule has 2 rings (SSSR count). The van der Waals surface area contributed by atoms with Crippen LogP contribution in [0.1, 0.15) is 12.5 Å². The fourth-order valence-corrected chi connectivity index (χ4v) is 1.49. The smallest absolute Gasteiger partial charge is 0.0375 e. The van der Waals surface area contributed by atoms with Gasteiger partial charge in [-0.15, -0.1) is 12.4 Å². The maximum absolute atomic E-state index is 3.40. The van der Waals surface area contributed by atoms with Gasteiger partial charge in [0.1, 0.15) is 0 Å². The maximum Gasteiger partial charge on any atom is 0.0375 e. The number of anilines is 1.